The Balaban J connectivity index is 2.69. The summed E-state index contributed by atoms with van der Waals surface area (Å²) in [5, 5.41) is 0. The van der Waals surface area contributed by atoms with Gasteiger partial charge in [0.15, 0.2) is 5.69 Å². The number of alkyl halides is 3. The maximum absolute atomic E-state index is 13.1. The average molecular weight is 285 g/mol. The van der Waals surface area contributed by atoms with E-state index >= 15 is 0 Å². The molecule has 7 heteroatoms. The van der Waals surface area contributed by atoms with E-state index in [4.69, 9.17) is 0 Å². The van der Waals surface area contributed by atoms with Gasteiger partial charge < -0.3 is 4.90 Å². The van der Waals surface area contributed by atoms with Crippen LogP contribution in [-0.4, -0.2) is 33.3 Å². The van der Waals surface area contributed by atoms with Crippen molar-refractivity contribution in [3.05, 3.63) is 35.8 Å². The second-order valence-corrected chi connectivity index (χ2v) is 4.75. The van der Waals surface area contributed by atoms with Crippen molar-refractivity contribution in [2.45, 2.75) is 26.1 Å². The lowest BCUT2D eigenvalue weighted by Crippen LogP contribution is -2.35. The lowest BCUT2D eigenvalue weighted by Gasteiger charge is -2.21. The molecular formula is C13H14F3N3O. The van der Waals surface area contributed by atoms with Crippen molar-refractivity contribution in [2.75, 3.05) is 7.05 Å². The largest absolute Gasteiger partial charge is 0.435 e. The van der Waals surface area contributed by atoms with Crippen LogP contribution in [0.25, 0.3) is 5.65 Å². The van der Waals surface area contributed by atoms with E-state index in [2.05, 4.69) is 4.98 Å². The molecule has 2 heterocycles. The Morgan fingerprint density at radius 2 is 2.00 bits per heavy atom. The molecule has 2 aromatic heterocycles. The van der Waals surface area contributed by atoms with Crippen molar-refractivity contribution >= 4 is 11.6 Å². The Hall–Kier alpha value is -2.05. The molecule has 0 saturated heterocycles. The summed E-state index contributed by atoms with van der Waals surface area (Å²) in [6.07, 6.45) is -3.27. The predicted molar refractivity (Wildman–Crippen MR) is 67.4 cm³/mol. The van der Waals surface area contributed by atoms with Crippen LogP contribution in [0, 0.1) is 0 Å². The Morgan fingerprint density at radius 1 is 1.35 bits per heavy atom. The van der Waals surface area contributed by atoms with Gasteiger partial charge in [0.2, 0.25) is 0 Å². The monoisotopic (exact) mass is 285 g/mol. The predicted octanol–water partition coefficient (Wildman–Crippen LogP) is 2.83. The highest BCUT2D eigenvalue weighted by Crippen LogP contribution is 2.32. The molecule has 0 atom stereocenters. The first-order chi connectivity index (χ1) is 9.23. The van der Waals surface area contributed by atoms with Crippen LogP contribution in [0.2, 0.25) is 0 Å². The van der Waals surface area contributed by atoms with Crippen LogP contribution >= 0.6 is 0 Å². The van der Waals surface area contributed by atoms with Crippen molar-refractivity contribution < 1.29 is 18.0 Å². The molecule has 0 aliphatic carbocycles. The molecule has 0 saturated carbocycles. The van der Waals surface area contributed by atoms with Gasteiger partial charge in [-0.25, -0.2) is 4.98 Å². The lowest BCUT2D eigenvalue weighted by molar-refractivity contribution is -0.141. The number of rotatable bonds is 2. The van der Waals surface area contributed by atoms with Crippen molar-refractivity contribution in [2.24, 2.45) is 0 Å². The van der Waals surface area contributed by atoms with Crippen LogP contribution in [-0.2, 0) is 6.18 Å². The van der Waals surface area contributed by atoms with Crippen LogP contribution < -0.4 is 0 Å². The Morgan fingerprint density at radius 3 is 2.55 bits per heavy atom. The SMILES string of the molecule is CC(C)N(C)C(=O)c1c(C(F)(F)F)nc2ccccn12. The summed E-state index contributed by atoms with van der Waals surface area (Å²) in [6.45, 7) is 3.46. The summed E-state index contributed by atoms with van der Waals surface area (Å²) >= 11 is 0. The minimum Gasteiger partial charge on any atom is -0.338 e. The van der Waals surface area contributed by atoms with Gasteiger partial charge in [0.05, 0.1) is 0 Å². The molecule has 20 heavy (non-hydrogen) atoms. The minimum atomic E-state index is -4.67. The van der Waals surface area contributed by atoms with Crippen LogP contribution in [0.5, 0.6) is 0 Å². The summed E-state index contributed by atoms with van der Waals surface area (Å²) in [6, 6.07) is 4.35. The molecule has 108 valence electrons. The molecule has 2 rings (SSSR count). The number of hydrogen-bond acceptors (Lipinski definition) is 2. The fraction of sp³-hybridized carbons (Fsp3) is 0.385. The number of fused-ring (bicyclic) bond motifs is 1. The summed E-state index contributed by atoms with van der Waals surface area (Å²) in [5.74, 6) is -0.703. The van der Waals surface area contributed by atoms with Gasteiger partial charge in [-0.2, -0.15) is 13.2 Å². The molecule has 1 amide bonds. The second-order valence-electron chi connectivity index (χ2n) is 4.75. The first-order valence-electron chi connectivity index (χ1n) is 6.05. The number of aromatic nitrogens is 2. The highest BCUT2D eigenvalue weighted by atomic mass is 19.4. The van der Waals surface area contributed by atoms with Gasteiger partial charge in [0.25, 0.3) is 5.91 Å². The van der Waals surface area contributed by atoms with Crippen molar-refractivity contribution in [3.63, 3.8) is 0 Å². The molecule has 0 radical (unpaired) electrons. The number of carbonyl (C=O) groups is 1. The number of pyridine rings is 1. The minimum absolute atomic E-state index is 0.0975. The molecular weight excluding hydrogens is 271 g/mol. The lowest BCUT2D eigenvalue weighted by atomic mass is 10.2. The van der Waals surface area contributed by atoms with Crippen LogP contribution in [0.1, 0.15) is 30.0 Å². The zero-order chi connectivity index (χ0) is 15.1. The van der Waals surface area contributed by atoms with E-state index in [1.807, 2.05) is 0 Å². The molecule has 0 bridgehead atoms. The van der Waals surface area contributed by atoms with Crippen LogP contribution in [0.3, 0.4) is 0 Å². The van der Waals surface area contributed by atoms with Gasteiger partial charge in [0.1, 0.15) is 11.3 Å². The summed E-state index contributed by atoms with van der Waals surface area (Å²) in [4.78, 5) is 17.1. The van der Waals surface area contributed by atoms with Gasteiger partial charge >= 0.3 is 6.18 Å². The fourth-order valence-corrected chi connectivity index (χ4v) is 1.80. The average Bonchev–Trinajstić information content (AvgIpc) is 2.76. The third-order valence-corrected chi connectivity index (χ3v) is 3.10. The molecule has 0 N–H and O–H groups in total. The van der Waals surface area contributed by atoms with E-state index in [9.17, 15) is 18.0 Å². The van der Waals surface area contributed by atoms with E-state index in [1.54, 1.807) is 26.0 Å². The van der Waals surface area contributed by atoms with Gasteiger partial charge in [-0.15, -0.1) is 0 Å². The second kappa shape index (κ2) is 4.81. The highest BCUT2D eigenvalue weighted by Gasteiger charge is 2.40. The summed E-state index contributed by atoms with van der Waals surface area (Å²) in [7, 11) is 1.47. The molecule has 2 aromatic rings. The number of amides is 1. The summed E-state index contributed by atoms with van der Waals surface area (Å²) < 4.78 is 40.4. The van der Waals surface area contributed by atoms with E-state index < -0.39 is 23.5 Å². The zero-order valence-corrected chi connectivity index (χ0v) is 11.3. The molecule has 0 aliphatic heterocycles. The van der Waals surface area contributed by atoms with Gasteiger partial charge in [-0.3, -0.25) is 9.20 Å². The summed E-state index contributed by atoms with van der Waals surface area (Å²) in [5.41, 5.74) is -1.51. The normalized spacial score (nSPS) is 12.2. The molecule has 0 unspecified atom stereocenters. The van der Waals surface area contributed by atoms with Crippen molar-refractivity contribution in [3.8, 4) is 0 Å². The molecule has 0 aromatic carbocycles. The van der Waals surface area contributed by atoms with Gasteiger partial charge in [-0.05, 0) is 26.0 Å². The van der Waals surface area contributed by atoms with Crippen LogP contribution in [0.15, 0.2) is 24.4 Å². The van der Waals surface area contributed by atoms with Gasteiger partial charge in [0, 0.05) is 19.3 Å². The topological polar surface area (TPSA) is 37.6 Å². The maximum Gasteiger partial charge on any atom is 0.435 e. The molecule has 0 fully saturated rings. The smallest absolute Gasteiger partial charge is 0.338 e. The first-order valence-corrected chi connectivity index (χ1v) is 6.05. The van der Waals surface area contributed by atoms with E-state index in [0.29, 0.717) is 0 Å². The third kappa shape index (κ3) is 2.35. The van der Waals surface area contributed by atoms with Gasteiger partial charge in [-0.1, -0.05) is 6.07 Å². The Labute approximate surface area is 113 Å². The zero-order valence-electron chi connectivity index (χ0n) is 11.3. The van der Waals surface area contributed by atoms with Crippen molar-refractivity contribution in [1.82, 2.24) is 14.3 Å². The molecule has 0 aliphatic rings. The van der Waals surface area contributed by atoms with Crippen molar-refractivity contribution in [1.29, 1.82) is 0 Å². The number of nitrogens with zero attached hydrogens (tertiary/aromatic N) is 3. The fourth-order valence-electron chi connectivity index (χ4n) is 1.80. The van der Waals surface area contributed by atoms with E-state index in [1.165, 1.54) is 28.6 Å². The standard InChI is InChI=1S/C13H14F3N3O/c1-8(2)18(3)12(20)10-11(13(14,15)16)17-9-6-4-5-7-19(9)10/h4-8H,1-3H3. The number of halogens is 3. The van der Waals surface area contributed by atoms with Crippen LogP contribution in [0.4, 0.5) is 13.2 Å². The number of hydrogen-bond donors (Lipinski definition) is 0. The number of carbonyl (C=O) groups excluding carboxylic acids is 1. The quantitative estimate of drug-likeness (QED) is 0.851. The highest BCUT2D eigenvalue weighted by molar-refractivity contribution is 5.95. The molecule has 4 nitrogen and oxygen atoms in total. The Kier molecular flexibility index (Phi) is 3.45. The Bertz CT molecular complexity index is 646. The molecule has 0 spiro atoms. The van der Waals surface area contributed by atoms with E-state index in [0.717, 1.165) is 0 Å². The third-order valence-electron chi connectivity index (χ3n) is 3.10. The number of imidazole rings is 1. The first kappa shape index (κ1) is 14.4. The van der Waals surface area contributed by atoms with E-state index in [-0.39, 0.29) is 11.7 Å². The maximum atomic E-state index is 13.1.